The molecule has 76 valence electrons. The van der Waals surface area contributed by atoms with Gasteiger partial charge in [0.25, 0.3) is 5.91 Å². The summed E-state index contributed by atoms with van der Waals surface area (Å²) in [6.07, 6.45) is 1.86. The fourth-order valence-electron chi connectivity index (χ4n) is 1.25. The smallest absolute Gasteiger partial charge is 0.265 e. The van der Waals surface area contributed by atoms with E-state index >= 15 is 0 Å². The first kappa shape index (κ1) is 10.4. The number of carbonyl (C=O) groups excluding carboxylic acids is 1. The van der Waals surface area contributed by atoms with Crippen LogP contribution in [0.3, 0.4) is 0 Å². The van der Waals surface area contributed by atoms with Crippen LogP contribution >= 0.6 is 24.0 Å². The van der Waals surface area contributed by atoms with Gasteiger partial charge in [0.2, 0.25) is 0 Å². The minimum Gasteiger partial charge on any atom is -0.296 e. The van der Waals surface area contributed by atoms with E-state index in [0.29, 0.717) is 9.23 Å². The van der Waals surface area contributed by atoms with Crippen LogP contribution in [0.1, 0.15) is 5.56 Å². The number of thioether (sulfide) groups is 1. The SMILES string of the molecule is CN1C(=O)/C(=C\c2ccccc2)SC1=S. The maximum atomic E-state index is 11.7. The second-order valence-corrected chi connectivity index (χ2v) is 4.83. The van der Waals surface area contributed by atoms with Gasteiger partial charge in [0, 0.05) is 7.05 Å². The Morgan fingerprint density at radius 3 is 2.53 bits per heavy atom. The van der Waals surface area contributed by atoms with Gasteiger partial charge in [0.1, 0.15) is 4.32 Å². The first-order chi connectivity index (χ1) is 7.18. The summed E-state index contributed by atoms with van der Waals surface area (Å²) in [6.45, 7) is 0. The van der Waals surface area contributed by atoms with E-state index in [1.165, 1.54) is 16.7 Å². The second kappa shape index (κ2) is 4.16. The molecule has 1 fully saturated rings. The van der Waals surface area contributed by atoms with Gasteiger partial charge in [-0.15, -0.1) is 0 Å². The van der Waals surface area contributed by atoms with Crippen LogP contribution in [0.15, 0.2) is 35.2 Å². The third-order valence-corrected chi connectivity index (χ3v) is 3.57. The summed E-state index contributed by atoms with van der Waals surface area (Å²) in [7, 11) is 1.70. The molecular weight excluding hydrogens is 226 g/mol. The highest BCUT2D eigenvalue weighted by Crippen LogP contribution is 2.31. The van der Waals surface area contributed by atoms with Crippen molar-refractivity contribution in [3.05, 3.63) is 40.8 Å². The Kier molecular flexibility index (Phi) is 2.88. The highest BCUT2D eigenvalue weighted by Gasteiger charge is 2.28. The van der Waals surface area contributed by atoms with Crippen LogP contribution in [-0.4, -0.2) is 22.2 Å². The normalized spacial score (nSPS) is 19.0. The number of carbonyl (C=O) groups is 1. The molecule has 0 aliphatic carbocycles. The lowest BCUT2D eigenvalue weighted by Gasteiger charge is -2.03. The Morgan fingerprint density at radius 1 is 1.33 bits per heavy atom. The van der Waals surface area contributed by atoms with Crippen molar-refractivity contribution in [1.29, 1.82) is 0 Å². The first-order valence-electron chi connectivity index (χ1n) is 4.45. The first-order valence-corrected chi connectivity index (χ1v) is 5.67. The van der Waals surface area contributed by atoms with E-state index in [1.54, 1.807) is 7.05 Å². The van der Waals surface area contributed by atoms with Crippen molar-refractivity contribution in [2.45, 2.75) is 0 Å². The lowest BCUT2D eigenvalue weighted by atomic mass is 10.2. The molecule has 15 heavy (non-hydrogen) atoms. The zero-order valence-electron chi connectivity index (χ0n) is 8.14. The monoisotopic (exact) mass is 235 g/mol. The Labute approximate surface area is 98.0 Å². The Balaban J connectivity index is 2.30. The molecule has 1 aliphatic rings. The quantitative estimate of drug-likeness (QED) is 0.551. The minimum absolute atomic E-state index is 0.0196. The third kappa shape index (κ3) is 2.11. The summed E-state index contributed by atoms with van der Waals surface area (Å²) in [6, 6.07) is 9.75. The highest BCUT2D eigenvalue weighted by atomic mass is 32.2. The summed E-state index contributed by atoms with van der Waals surface area (Å²) >= 11 is 6.38. The van der Waals surface area contributed by atoms with Gasteiger partial charge in [-0.05, 0) is 11.6 Å². The second-order valence-electron chi connectivity index (χ2n) is 3.15. The van der Waals surface area contributed by atoms with E-state index in [1.807, 2.05) is 36.4 Å². The van der Waals surface area contributed by atoms with Gasteiger partial charge in [-0.3, -0.25) is 9.69 Å². The zero-order chi connectivity index (χ0) is 10.8. The van der Waals surface area contributed by atoms with Crippen LogP contribution in [0.5, 0.6) is 0 Å². The molecule has 1 aromatic rings. The van der Waals surface area contributed by atoms with Crippen molar-refractivity contribution >= 4 is 40.3 Å². The molecule has 0 N–H and O–H groups in total. The largest absolute Gasteiger partial charge is 0.296 e. The van der Waals surface area contributed by atoms with Gasteiger partial charge in [0.15, 0.2) is 0 Å². The number of thiocarbonyl (C=S) groups is 1. The van der Waals surface area contributed by atoms with Crippen molar-refractivity contribution in [3.8, 4) is 0 Å². The topological polar surface area (TPSA) is 20.3 Å². The highest BCUT2D eigenvalue weighted by molar-refractivity contribution is 8.26. The molecule has 0 saturated carbocycles. The number of rotatable bonds is 1. The van der Waals surface area contributed by atoms with Crippen LogP contribution in [0, 0.1) is 0 Å². The molecule has 1 saturated heterocycles. The van der Waals surface area contributed by atoms with Gasteiger partial charge in [0.05, 0.1) is 4.91 Å². The minimum atomic E-state index is -0.0196. The number of hydrogen-bond donors (Lipinski definition) is 0. The Morgan fingerprint density at radius 2 is 2.00 bits per heavy atom. The van der Waals surface area contributed by atoms with Crippen LogP contribution < -0.4 is 0 Å². The standard InChI is InChI=1S/C11H9NOS2/c1-12-10(13)9(15-11(12)14)7-8-5-3-2-4-6-8/h2-7H,1H3/b9-7+. The molecule has 2 rings (SSSR count). The van der Waals surface area contributed by atoms with E-state index < -0.39 is 0 Å². The number of likely N-dealkylation sites (N-methyl/N-ethyl adjacent to an activating group) is 1. The van der Waals surface area contributed by atoms with Crippen molar-refractivity contribution in [2.24, 2.45) is 0 Å². The van der Waals surface area contributed by atoms with Crippen LogP contribution in [0.25, 0.3) is 6.08 Å². The fraction of sp³-hybridized carbons (Fsp3) is 0.0909. The molecule has 0 radical (unpaired) electrons. The predicted molar refractivity (Wildman–Crippen MR) is 67.4 cm³/mol. The van der Waals surface area contributed by atoms with Gasteiger partial charge < -0.3 is 0 Å². The van der Waals surface area contributed by atoms with Crippen molar-refractivity contribution in [3.63, 3.8) is 0 Å². The van der Waals surface area contributed by atoms with Gasteiger partial charge in [-0.25, -0.2) is 0 Å². The van der Waals surface area contributed by atoms with Gasteiger partial charge in [-0.2, -0.15) is 0 Å². The van der Waals surface area contributed by atoms with E-state index in [9.17, 15) is 4.79 Å². The summed E-state index contributed by atoms with van der Waals surface area (Å²) in [5.74, 6) is -0.0196. The summed E-state index contributed by atoms with van der Waals surface area (Å²) < 4.78 is 0.613. The van der Waals surface area contributed by atoms with Crippen LogP contribution in [0.4, 0.5) is 0 Å². The average Bonchev–Trinajstić information content (AvgIpc) is 2.48. The number of nitrogens with zero attached hydrogens (tertiary/aromatic N) is 1. The van der Waals surface area contributed by atoms with Crippen molar-refractivity contribution < 1.29 is 4.79 Å². The van der Waals surface area contributed by atoms with Gasteiger partial charge >= 0.3 is 0 Å². The van der Waals surface area contributed by atoms with Crippen LogP contribution in [-0.2, 0) is 4.79 Å². The lowest BCUT2D eigenvalue weighted by Crippen LogP contribution is -2.22. The number of amides is 1. The molecule has 0 bridgehead atoms. The number of benzene rings is 1. The molecule has 2 nitrogen and oxygen atoms in total. The Bertz CT molecular complexity index is 439. The summed E-state index contributed by atoms with van der Waals surface area (Å²) in [4.78, 5) is 13.9. The van der Waals surface area contributed by atoms with Gasteiger partial charge in [-0.1, -0.05) is 54.3 Å². The molecule has 0 atom stereocenters. The average molecular weight is 235 g/mol. The maximum absolute atomic E-state index is 11.7. The lowest BCUT2D eigenvalue weighted by molar-refractivity contribution is -0.121. The Hall–Kier alpha value is -1.13. The van der Waals surface area contributed by atoms with Crippen molar-refractivity contribution in [2.75, 3.05) is 7.05 Å². The van der Waals surface area contributed by atoms with Crippen LogP contribution in [0.2, 0.25) is 0 Å². The molecule has 1 amide bonds. The number of hydrogen-bond acceptors (Lipinski definition) is 3. The molecule has 1 heterocycles. The zero-order valence-corrected chi connectivity index (χ0v) is 9.77. The molecule has 4 heteroatoms. The molecule has 0 unspecified atom stereocenters. The molecule has 0 aromatic heterocycles. The van der Waals surface area contributed by atoms with E-state index in [0.717, 1.165) is 5.56 Å². The fourth-order valence-corrected chi connectivity index (χ4v) is 2.43. The molecule has 0 spiro atoms. The van der Waals surface area contributed by atoms with Crippen molar-refractivity contribution in [1.82, 2.24) is 4.90 Å². The van der Waals surface area contributed by atoms with E-state index in [2.05, 4.69) is 0 Å². The summed E-state index contributed by atoms with van der Waals surface area (Å²) in [5.41, 5.74) is 1.02. The summed E-state index contributed by atoms with van der Waals surface area (Å²) in [5, 5.41) is 0. The molecule has 1 aliphatic heterocycles. The van der Waals surface area contributed by atoms with E-state index in [4.69, 9.17) is 12.2 Å². The maximum Gasteiger partial charge on any atom is 0.265 e. The van der Waals surface area contributed by atoms with E-state index in [-0.39, 0.29) is 5.91 Å². The predicted octanol–water partition coefficient (Wildman–Crippen LogP) is 2.52. The third-order valence-electron chi connectivity index (χ3n) is 2.08. The molecular formula is C11H9NOS2. The molecule has 1 aromatic carbocycles.